The van der Waals surface area contributed by atoms with Crippen molar-refractivity contribution in [3.05, 3.63) is 54.4 Å². The summed E-state index contributed by atoms with van der Waals surface area (Å²) in [7, 11) is 0. The van der Waals surface area contributed by atoms with E-state index in [4.69, 9.17) is 0 Å². The van der Waals surface area contributed by atoms with Crippen molar-refractivity contribution in [2.24, 2.45) is 4.99 Å². The molecule has 0 amide bonds. The first-order valence-electron chi connectivity index (χ1n) is 5.25. The van der Waals surface area contributed by atoms with Crippen LogP contribution in [-0.2, 0) is 0 Å². The molecule has 1 aromatic rings. The molecule has 0 radical (unpaired) electrons. The van der Waals surface area contributed by atoms with E-state index >= 15 is 0 Å². The van der Waals surface area contributed by atoms with E-state index in [2.05, 4.69) is 11.6 Å². The van der Waals surface area contributed by atoms with E-state index in [-0.39, 0.29) is 11.9 Å². The molecule has 0 aromatic heterocycles. The molecule has 1 rings (SSSR count). The van der Waals surface area contributed by atoms with E-state index in [9.17, 15) is 4.39 Å². The molecule has 1 unspecified atom stereocenters. The minimum absolute atomic E-state index is 0.0727. The van der Waals surface area contributed by atoms with Crippen LogP contribution in [0.15, 0.2) is 48.0 Å². The van der Waals surface area contributed by atoms with Gasteiger partial charge in [-0.05, 0) is 37.1 Å². The van der Waals surface area contributed by atoms with Gasteiger partial charge in [-0.25, -0.2) is 4.39 Å². The van der Waals surface area contributed by atoms with Crippen molar-refractivity contribution in [2.75, 3.05) is 0 Å². The molecular weight excluding hydrogens is 201 g/mol. The highest BCUT2D eigenvalue weighted by atomic mass is 19.1. The summed E-state index contributed by atoms with van der Waals surface area (Å²) in [6.07, 6.45) is 5.42. The molecule has 0 spiro atoms. The van der Waals surface area contributed by atoms with E-state index in [0.717, 1.165) is 11.1 Å². The van der Waals surface area contributed by atoms with Crippen LogP contribution in [0.2, 0.25) is 0 Å². The lowest BCUT2D eigenvalue weighted by Gasteiger charge is -2.03. The predicted octanol–water partition coefficient (Wildman–Crippen LogP) is 3.87. The highest BCUT2D eigenvalue weighted by Gasteiger charge is 1.99. The third-order valence-electron chi connectivity index (χ3n) is 2.26. The van der Waals surface area contributed by atoms with Crippen LogP contribution in [0.1, 0.15) is 19.4 Å². The standard InChI is InChI=1S/C14H16FN/c1-4-11(3)16-10-12(5-2)13-7-6-8-14(15)9-13/h4-11H,1H2,2-3H3/b12-5+,16-10?. The van der Waals surface area contributed by atoms with E-state index < -0.39 is 0 Å². The lowest BCUT2D eigenvalue weighted by molar-refractivity contribution is 0.627. The van der Waals surface area contributed by atoms with Crippen molar-refractivity contribution in [3.63, 3.8) is 0 Å². The van der Waals surface area contributed by atoms with E-state index in [1.165, 1.54) is 12.1 Å². The monoisotopic (exact) mass is 217 g/mol. The molecule has 1 aromatic carbocycles. The van der Waals surface area contributed by atoms with Crippen LogP contribution in [0.3, 0.4) is 0 Å². The predicted molar refractivity (Wildman–Crippen MR) is 68.2 cm³/mol. The fourth-order valence-electron chi connectivity index (χ4n) is 1.24. The fourth-order valence-corrected chi connectivity index (χ4v) is 1.24. The zero-order valence-corrected chi connectivity index (χ0v) is 9.65. The van der Waals surface area contributed by atoms with Crippen LogP contribution < -0.4 is 0 Å². The zero-order valence-electron chi connectivity index (χ0n) is 9.65. The van der Waals surface area contributed by atoms with Gasteiger partial charge in [0.2, 0.25) is 0 Å². The average Bonchev–Trinajstić information content (AvgIpc) is 2.29. The van der Waals surface area contributed by atoms with Gasteiger partial charge in [0.25, 0.3) is 0 Å². The Morgan fingerprint density at radius 2 is 2.25 bits per heavy atom. The van der Waals surface area contributed by atoms with E-state index in [1.807, 2.05) is 26.0 Å². The molecule has 2 heteroatoms. The number of hydrogen-bond donors (Lipinski definition) is 0. The van der Waals surface area contributed by atoms with Crippen molar-refractivity contribution in [1.29, 1.82) is 0 Å². The first kappa shape index (κ1) is 12.4. The van der Waals surface area contributed by atoms with Crippen molar-refractivity contribution in [3.8, 4) is 0 Å². The number of rotatable bonds is 4. The van der Waals surface area contributed by atoms with Crippen molar-refractivity contribution in [2.45, 2.75) is 19.9 Å². The summed E-state index contributed by atoms with van der Waals surface area (Å²) in [5, 5.41) is 0. The lowest BCUT2D eigenvalue weighted by Crippen LogP contribution is -1.94. The van der Waals surface area contributed by atoms with Crippen LogP contribution in [0, 0.1) is 5.82 Å². The molecule has 0 fully saturated rings. The summed E-state index contributed by atoms with van der Waals surface area (Å²) in [6.45, 7) is 7.51. The van der Waals surface area contributed by atoms with E-state index in [0.29, 0.717) is 0 Å². The van der Waals surface area contributed by atoms with Gasteiger partial charge in [-0.2, -0.15) is 0 Å². The largest absolute Gasteiger partial charge is 0.285 e. The summed E-state index contributed by atoms with van der Waals surface area (Å²) < 4.78 is 13.0. The maximum Gasteiger partial charge on any atom is 0.123 e. The SMILES string of the molecule is C=CC(C)N=C/C(=C\C)c1cccc(F)c1. The van der Waals surface area contributed by atoms with Gasteiger partial charge in [0.05, 0.1) is 6.04 Å². The van der Waals surface area contributed by atoms with Crippen molar-refractivity contribution < 1.29 is 4.39 Å². The summed E-state index contributed by atoms with van der Waals surface area (Å²) in [5.74, 6) is -0.234. The Hall–Kier alpha value is -1.70. The number of allylic oxidation sites excluding steroid dienone is 2. The third-order valence-corrected chi connectivity index (χ3v) is 2.26. The third kappa shape index (κ3) is 3.46. The normalized spacial score (nSPS) is 14.1. The summed E-state index contributed by atoms with van der Waals surface area (Å²) in [6, 6.07) is 6.56. The number of hydrogen-bond acceptors (Lipinski definition) is 1. The molecule has 16 heavy (non-hydrogen) atoms. The van der Waals surface area contributed by atoms with Crippen LogP contribution in [0.25, 0.3) is 5.57 Å². The summed E-state index contributed by atoms with van der Waals surface area (Å²) in [5.41, 5.74) is 1.75. The smallest absolute Gasteiger partial charge is 0.123 e. The van der Waals surface area contributed by atoms with Crippen molar-refractivity contribution >= 4 is 11.8 Å². The minimum atomic E-state index is -0.234. The molecular formula is C14H16FN. The van der Waals surface area contributed by atoms with Gasteiger partial charge in [0.15, 0.2) is 0 Å². The highest BCUT2D eigenvalue weighted by Crippen LogP contribution is 2.13. The maximum absolute atomic E-state index is 13.0. The summed E-state index contributed by atoms with van der Waals surface area (Å²) in [4.78, 5) is 4.29. The summed E-state index contributed by atoms with van der Waals surface area (Å²) >= 11 is 0. The molecule has 0 N–H and O–H groups in total. The Balaban J connectivity index is 2.92. The Bertz CT molecular complexity index is 418. The van der Waals surface area contributed by atoms with Gasteiger partial charge < -0.3 is 0 Å². The average molecular weight is 217 g/mol. The van der Waals surface area contributed by atoms with Crippen molar-refractivity contribution in [1.82, 2.24) is 0 Å². The number of aliphatic imine (C=N–C) groups is 1. The Morgan fingerprint density at radius 3 is 2.81 bits per heavy atom. The van der Waals surface area contributed by atoms with Gasteiger partial charge in [-0.3, -0.25) is 4.99 Å². The van der Waals surface area contributed by atoms with Gasteiger partial charge in [-0.15, -0.1) is 6.58 Å². The molecule has 84 valence electrons. The molecule has 0 bridgehead atoms. The van der Waals surface area contributed by atoms with Gasteiger partial charge in [0, 0.05) is 6.21 Å². The highest BCUT2D eigenvalue weighted by molar-refractivity contribution is 6.09. The molecule has 0 saturated heterocycles. The second-order valence-corrected chi connectivity index (χ2v) is 3.51. The van der Waals surface area contributed by atoms with Crippen LogP contribution >= 0.6 is 0 Å². The Morgan fingerprint density at radius 1 is 1.50 bits per heavy atom. The first-order chi connectivity index (χ1) is 7.67. The molecule has 0 aliphatic rings. The fraction of sp³-hybridized carbons (Fsp3) is 0.214. The van der Waals surface area contributed by atoms with Gasteiger partial charge in [-0.1, -0.05) is 24.3 Å². The Labute approximate surface area is 96.0 Å². The molecule has 1 nitrogen and oxygen atoms in total. The van der Waals surface area contributed by atoms with Crippen LogP contribution in [0.4, 0.5) is 4.39 Å². The number of halogens is 1. The molecule has 1 atom stereocenters. The quantitative estimate of drug-likeness (QED) is 0.536. The zero-order chi connectivity index (χ0) is 12.0. The number of nitrogens with zero attached hydrogens (tertiary/aromatic N) is 1. The lowest BCUT2D eigenvalue weighted by atomic mass is 10.1. The Kier molecular flexibility index (Phi) is 4.65. The molecule has 0 aliphatic carbocycles. The molecule has 0 heterocycles. The molecule has 0 saturated carbocycles. The minimum Gasteiger partial charge on any atom is -0.285 e. The topological polar surface area (TPSA) is 12.4 Å². The van der Waals surface area contributed by atoms with Crippen LogP contribution in [0.5, 0.6) is 0 Å². The first-order valence-corrected chi connectivity index (χ1v) is 5.25. The van der Waals surface area contributed by atoms with Gasteiger partial charge in [0.1, 0.15) is 5.82 Å². The van der Waals surface area contributed by atoms with Crippen LogP contribution in [-0.4, -0.2) is 12.3 Å². The van der Waals surface area contributed by atoms with E-state index in [1.54, 1.807) is 18.4 Å². The second-order valence-electron chi connectivity index (χ2n) is 3.51. The maximum atomic E-state index is 13.0. The number of benzene rings is 1. The molecule has 0 aliphatic heterocycles. The van der Waals surface area contributed by atoms with Gasteiger partial charge >= 0.3 is 0 Å². The second kappa shape index (κ2) is 6.01.